The molecule has 0 aliphatic carbocycles. The molecule has 0 aromatic heterocycles. The first-order valence-electron chi connectivity index (χ1n) is 5.94. The number of nitrogens with one attached hydrogen (secondary N) is 2. The van der Waals surface area contributed by atoms with E-state index in [1.54, 1.807) is 18.2 Å². The molecule has 0 aliphatic rings. The van der Waals surface area contributed by atoms with Crippen molar-refractivity contribution in [3.05, 3.63) is 23.8 Å². The van der Waals surface area contributed by atoms with E-state index in [1.165, 1.54) is 0 Å². The van der Waals surface area contributed by atoms with Crippen molar-refractivity contribution in [2.75, 3.05) is 5.32 Å². The van der Waals surface area contributed by atoms with Crippen molar-refractivity contribution >= 4 is 11.7 Å². The van der Waals surface area contributed by atoms with E-state index in [1.807, 2.05) is 20.8 Å². The first-order chi connectivity index (χ1) is 8.06. The number of hydrogen-bond acceptors (Lipinski definition) is 2. The molecule has 3 N–H and O–H groups in total. The molecule has 0 saturated heterocycles. The Bertz CT molecular complexity index is 387. The van der Waals surface area contributed by atoms with Gasteiger partial charge in [-0.25, -0.2) is 4.79 Å². The van der Waals surface area contributed by atoms with Crippen LogP contribution in [0.15, 0.2) is 18.2 Å². The van der Waals surface area contributed by atoms with E-state index in [0.29, 0.717) is 5.69 Å². The molecule has 0 radical (unpaired) electrons. The molecule has 94 valence electrons. The number of aromatic hydroxyl groups is 1. The number of phenolic OH excluding ortho intramolecular Hbond substituents is 1. The molecule has 4 nitrogen and oxygen atoms in total. The second-order valence-electron chi connectivity index (χ2n) is 4.13. The summed E-state index contributed by atoms with van der Waals surface area (Å²) >= 11 is 0. The van der Waals surface area contributed by atoms with E-state index in [9.17, 15) is 9.90 Å². The van der Waals surface area contributed by atoms with Crippen molar-refractivity contribution in [2.24, 2.45) is 0 Å². The minimum absolute atomic E-state index is 0.0790. The molecule has 2 amide bonds. The van der Waals surface area contributed by atoms with E-state index in [0.717, 1.165) is 18.4 Å². The fourth-order valence-corrected chi connectivity index (χ4v) is 1.59. The number of carbonyl (C=O) groups is 1. The van der Waals surface area contributed by atoms with Crippen molar-refractivity contribution in [3.63, 3.8) is 0 Å². The molecular formula is C13H20N2O2. The van der Waals surface area contributed by atoms with Gasteiger partial charge in [0.25, 0.3) is 0 Å². The predicted molar refractivity (Wildman–Crippen MR) is 69.4 cm³/mol. The highest BCUT2D eigenvalue weighted by Crippen LogP contribution is 2.23. The average molecular weight is 236 g/mol. The van der Waals surface area contributed by atoms with Gasteiger partial charge in [-0.3, -0.25) is 0 Å². The van der Waals surface area contributed by atoms with Gasteiger partial charge in [0.2, 0.25) is 0 Å². The summed E-state index contributed by atoms with van der Waals surface area (Å²) in [5, 5.41) is 15.1. The number of benzene rings is 1. The second-order valence-corrected chi connectivity index (χ2v) is 4.13. The van der Waals surface area contributed by atoms with E-state index in [-0.39, 0.29) is 17.8 Å². The number of phenols is 1. The standard InChI is InChI=1S/C13H20N2O2/c1-4-10(5-2)14-13(17)15-11-8-9(3)6-7-12(11)16/h6-8,10,16H,4-5H2,1-3H3,(H2,14,15,17). The first kappa shape index (κ1) is 13.4. The highest BCUT2D eigenvalue weighted by Gasteiger charge is 2.10. The van der Waals surface area contributed by atoms with Crippen LogP contribution in [0.5, 0.6) is 5.75 Å². The van der Waals surface area contributed by atoms with Crippen molar-refractivity contribution in [2.45, 2.75) is 39.7 Å². The van der Waals surface area contributed by atoms with Gasteiger partial charge in [0.15, 0.2) is 0 Å². The maximum Gasteiger partial charge on any atom is 0.319 e. The van der Waals surface area contributed by atoms with Crippen molar-refractivity contribution in [3.8, 4) is 5.75 Å². The Morgan fingerprint density at radius 2 is 2.00 bits per heavy atom. The van der Waals surface area contributed by atoms with Crippen LogP contribution in [0.2, 0.25) is 0 Å². The Morgan fingerprint density at radius 1 is 1.35 bits per heavy atom. The Hall–Kier alpha value is -1.71. The van der Waals surface area contributed by atoms with Crippen LogP contribution >= 0.6 is 0 Å². The average Bonchev–Trinajstić information content (AvgIpc) is 2.31. The Balaban J connectivity index is 2.64. The van der Waals surface area contributed by atoms with E-state index in [4.69, 9.17) is 0 Å². The Kier molecular flexibility index (Phi) is 4.82. The van der Waals surface area contributed by atoms with Crippen LogP contribution < -0.4 is 10.6 Å². The molecule has 0 atom stereocenters. The molecule has 0 unspecified atom stereocenters. The van der Waals surface area contributed by atoms with Crippen LogP contribution in [0.3, 0.4) is 0 Å². The maximum atomic E-state index is 11.7. The molecule has 0 spiro atoms. The number of urea groups is 1. The summed E-state index contributed by atoms with van der Waals surface area (Å²) in [6, 6.07) is 4.99. The number of carbonyl (C=O) groups excluding carboxylic acids is 1. The maximum absolute atomic E-state index is 11.7. The van der Waals surface area contributed by atoms with Gasteiger partial charge in [-0.2, -0.15) is 0 Å². The molecule has 0 bridgehead atoms. The molecule has 0 fully saturated rings. The van der Waals surface area contributed by atoms with Crippen LogP contribution in [0.1, 0.15) is 32.3 Å². The fourth-order valence-electron chi connectivity index (χ4n) is 1.59. The van der Waals surface area contributed by atoms with Crippen molar-refractivity contribution in [1.82, 2.24) is 5.32 Å². The SMILES string of the molecule is CCC(CC)NC(=O)Nc1cc(C)ccc1O. The van der Waals surface area contributed by atoms with Gasteiger partial charge in [-0.05, 0) is 37.5 Å². The fraction of sp³-hybridized carbons (Fsp3) is 0.462. The molecule has 1 aromatic carbocycles. The van der Waals surface area contributed by atoms with Gasteiger partial charge in [0.1, 0.15) is 5.75 Å². The molecular weight excluding hydrogens is 216 g/mol. The summed E-state index contributed by atoms with van der Waals surface area (Å²) < 4.78 is 0. The third kappa shape index (κ3) is 3.98. The van der Waals surface area contributed by atoms with Crippen molar-refractivity contribution in [1.29, 1.82) is 0 Å². The van der Waals surface area contributed by atoms with Gasteiger partial charge in [-0.15, -0.1) is 0 Å². The third-order valence-electron chi connectivity index (χ3n) is 2.72. The number of amides is 2. The highest BCUT2D eigenvalue weighted by atomic mass is 16.3. The van der Waals surface area contributed by atoms with E-state index >= 15 is 0 Å². The van der Waals surface area contributed by atoms with E-state index < -0.39 is 0 Å². The zero-order chi connectivity index (χ0) is 12.8. The smallest absolute Gasteiger partial charge is 0.319 e. The lowest BCUT2D eigenvalue weighted by molar-refractivity contribution is 0.247. The van der Waals surface area contributed by atoms with Crippen LogP contribution in [-0.4, -0.2) is 17.2 Å². The van der Waals surface area contributed by atoms with Gasteiger partial charge >= 0.3 is 6.03 Å². The molecule has 4 heteroatoms. The van der Waals surface area contributed by atoms with Crippen LogP contribution in [-0.2, 0) is 0 Å². The first-order valence-corrected chi connectivity index (χ1v) is 5.94. The number of hydrogen-bond donors (Lipinski definition) is 3. The van der Waals surface area contributed by atoms with E-state index in [2.05, 4.69) is 10.6 Å². The Labute approximate surface area is 102 Å². The summed E-state index contributed by atoms with van der Waals surface area (Å²) in [7, 11) is 0. The molecule has 0 saturated carbocycles. The quantitative estimate of drug-likeness (QED) is 0.704. The van der Waals surface area contributed by atoms with Gasteiger partial charge in [-0.1, -0.05) is 19.9 Å². The van der Waals surface area contributed by atoms with Gasteiger partial charge in [0, 0.05) is 6.04 Å². The summed E-state index contributed by atoms with van der Waals surface area (Å²) in [5.74, 6) is 0.0790. The summed E-state index contributed by atoms with van der Waals surface area (Å²) in [5.41, 5.74) is 1.43. The zero-order valence-electron chi connectivity index (χ0n) is 10.6. The monoisotopic (exact) mass is 236 g/mol. The lowest BCUT2D eigenvalue weighted by Crippen LogP contribution is -2.37. The lowest BCUT2D eigenvalue weighted by Gasteiger charge is -2.16. The van der Waals surface area contributed by atoms with Crippen LogP contribution in [0, 0.1) is 6.92 Å². The number of aryl methyl sites for hydroxylation is 1. The molecule has 1 rings (SSSR count). The van der Waals surface area contributed by atoms with Crippen LogP contribution in [0.4, 0.5) is 10.5 Å². The minimum Gasteiger partial charge on any atom is -0.506 e. The Morgan fingerprint density at radius 3 is 2.59 bits per heavy atom. The predicted octanol–water partition coefficient (Wildman–Crippen LogP) is 3.01. The lowest BCUT2D eigenvalue weighted by atomic mass is 10.2. The normalized spacial score (nSPS) is 10.4. The minimum atomic E-state index is -0.278. The van der Waals surface area contributed by atoms with Gasteiger partial charge < -0.3 is 15.7 Å². The topological polar surface area (TPSA) is 61.4 Å². The highest BCUT2D eigenvalue weighted by molar-refractivity contribution is 5.91. The summed E-state index contributed by atoms with van der Waals surface area (Å²) in [4.78, 5) is 11.7. The van der Waals surface area contributed by atoms with Crippen molar-refractivity contribution < 1.29 is 9.90 Å². The molecule has 0 aliphatic heterocycles. The molecule has 1 aromatic rings. The van der Waals surface area contributed by atoms with Gasteiger partial charge in [0.05, 0.1) is 5.69 Å². The third-order valence-corrected chi connectivity index (χ3v) is 2.72. The summed E-state index contributed by atoms with van der Waals surface area (Å²) in [6.07, 6.45) is 1.79. The largest absolute Gasteiger partial charge is 0.506 e. The summed E-state index contributed by atoms with van der Waals surface area (Å²) in [6.45, 7) is 5.96. The number of rotatable bonds is 4. The zero-order valence-corrected chi connectivity index (χ0v) is 10.6. The number of anilines is 1. The molecule has 17 heavy (non-hydrogen) atoms. The second kappa shape index (κ2) is 6.13. The van der Waals surface area contributed by atoms with Crippen LogP contribution in [0.25, 0.3) is 0 Å². The molecule has 0 heterocycles.